The van der Waals surface area contributed by atoms with Gasteiger partial charge in [0.25, 0.3) is 0 Å². The Hall–Kier alpha value is -0.580. The SMILES string of the molecule is CCN(CCO)c1ccc(CNC(C)C)cc1Br. The van der Waals surface area contributed by atoms with Gasteiger partial charge in [0.05, 0.1) is 12.3 Å². The van der Waals surface area contributed by atoms with Crippen molar-refractivity contribution in [1.82, 2.24) is 5.32 Å². The van der Waals surface area contributed by atoms with Gasteiger partial charge in [-0.15, -0.1) is 0 Å². The standard InChI is InChI=1S/C14H23BrN2O/c1-4-17(7-8-18)14-6-5-12(9-13(14)15)10-16-11(2)3/h5-6,9,11,16,18H,4,7-8,10H2,1-3H3. The van der Waals surface area contributed by atoms with Crippen molar-refractivity contribution in [2.24, 2.45) is 0 Å². The first kappa shape index (κ1) is 15.5. The number of likely N-dealkylation sites (N-methyl/N-ethyl adjacent to an activating group) is 1. The third-order valence-electron chi connectivity index (χ3n) is 2.82. The average Bonchev–Trinajstić information content (AvgIpc) is 2.34. The number of hydrogen-bond donors (Lipinski definition) is 2. The second-order valence-corrected chi connectivity index (χ2v) is 5.48. The highest BCUT2D eigenvalue weighted by Gasteiger charge is 2.08. The van der Waals surface area contributed by atoms with Crippen molar-refractivity contribution >= 4 is 21.6 Å². The van der Waals surface area contributed by atoms with E-state index in [0.717, 1.165) is 23.2 Å². The fourth-order valence-corrected chi connectivity index (χ4v) is 2.49. The number of nitrogens with zero attached hydrogens (tertiary/aromatic N) is 1. The van der Waals surface area contributed by atoms with Crippen LogP contribution in [-0.2, 0) is 6.54 Å². The van der Waals surface area contributed by atoms with Crippen molar-refractivity contribution in [1.29, 1.82) is 0 Å². The summed E-state index contributed by atoms with van der Waals surface area (Å²) in [6, 6.07) is 6.88. The van der Waals surface area contributed by atoms with Gasteiger partial charge in [-0.2, -0.15) is 0 Å². The van der Waals surface area contributed by atoms with Crippen LogP contribution in [0.1, 0.15) is 26.3 Å². The molecule has 0 saturated carbocycles. The maximum absolute atomic E-state index is 9.05. The van der Waals surface area contributed by atoms with Crippen molar-refractivity contribution in [2.45, 2.75) is 33.4 Å². The van der Waals surface area contributed by atoms with Crippen molar-refractivity contribution in [3.8, 4) is 0 Å². The highest BCUT2D eigenvalue weighted by molar-refractivity contribution is 9.10. The predicted octanol–water partition coefficient (Wildman–Crippen LogP) is 2.77. The minimum atomic E-state index is 0.178. The first-order chi connectivity index (χ1) is 8.58. The molecule has 0 spiro atoms. The molecule has 0 radical (unpaired) electrons. The first-order valence-corrected chi connectivity index (χ1v) is 7.25. The Labute approximate surface area is 118 Å². The molecule has 0 unspecified atom stereocenters. The van der Waals surface area contributed by atoms with E-state index in [2.05, 4.69) is 65.1 Å². The van der Waals surface area contributed by atoms with Gasteiger partial charge in [-0.05, 0) is 40.5 Å². The second-order valence-electron chi connectivity index (χ2n) is 4.62. The zero-order chi connectivity index (χ0) is 13.5. The molecule has 102 valence electrons. The Bertz CT molecular complexity index is 369. The third kappa shape index (κ3) is 4.59. The topological polar surface area (TPSA) is 35.5 Å². The lowest BCUT2D eigenvalue weighted by atomic mass is 10.2. The van der Waals surface area contributed by atoms with Gasteiger partial charge in [0, 0.05) is 30.1 Å². The van der Waals surface area contributed by atoms with Gasteiger partial charge in [0.1, 0.15) is 0 Å². The molecule has 1 aromatic rings. The molecule has 1 aromatic carbocycles. The van der Waals surface area contributed by atoms with E-state index in [1.54, 1.807) is 0 Å². The van der Waals surface area contributed by atoms with E-state index in [1.165, 1.54) is 5.56 Å². The number of aliphatic hydroxyl groups is 1. The zero-order valence-electron chi connectivity index (χ0n) is 11.4. The van der Waals surface area contributed by atoms with Gasteiger partial charge in [-0.1, -0.05) is 19.9 Å². The van der Waals surface area contributed by atoms with E-state index in [-0.39, 0.29) is 6.61 Å². The minimum absolute atomic E-state index is 0.178. The summed E-state index contributed by atoms with van der Waals surface area (Å²) in [6.45, 7) is 8.99. The molecule has 0 amide bonds. The summed E-state index contributed by atoms with van der Waals surface area (Å²) in [5.74, 6) is 0. The molecule has 0 atom stereocenters. The van der Waals surface area contributed by atoms with Crippen molar-refractivity contribution in [2.75, 3.05) is 24.6 Å². The van der Waals surface area contributed by atoms with Crippen LogP contribution in [0.4, 0.5) is 5.69 Å². The number of nitrogens with one attached hydrogen (secondary N) is 1. The fourth-order valence-electron chi connectivity index (χ4n) is 1.81. The molecule has 0 aliphatic heterocycles. The normalized spacial score (nSPS) is 11.0. The Morgan fingerprint density at radius 3 is 2.61 bits per heavy atom. The van der Waals surface area contributed by atoms with E-state index >= 15 is 0 Å². The van der Waals surface area contributed by atoms with Gasteiger partial charge in [0.15, 0.2) is 0 Å². The largest absolute Gasteiger partial charge is 0.395 e. The molecule has 0 heterocycles. The number of aliphatic hydroxyl groups excluding tert-OH is 1. The van der Waals surface area contributed by atoms with Gasteiger partial charge in [0.2, 0.25) is 0 Å². The molecule has 0 aliphatic carbocycles. The molecule has 18 heavy (non-hydrogen) atoms. The van der Waals surface area contributed by atoms with Crippen molar-refractivity contribution < 1.29 is 5.11 Å². The summed E-state index contributed by atoms with van der Waals surface area (Å²) in [6.07, 6.45) is 0. The molecular weight excluding hydrogens is 292 g/mol. The van der Waals surface area contributed by atoms with Crippen LogP contribution in [0.5, 0.6) is 0 Å². The lowest BCUT2D eigenvalue weighted by molar-refractivity contribution is 0.302. The van der Waals surface area contributed by atoms with Gasteiger partial charge >= 0.3 is 0 Å². The molecule has 0 aliphatic rings. The molecule has 1 rings (SSSR count). The molecule has 4 heteroatoms. The second kappa shape index (κ2) is 7.77. The number of hydrogen-bond acceptors (Lipinski definition) is 3. The molecule has 0 fully saturated rings. The maximum atomic E-state index is 9.05. The monoisotopic (exact) mass is 314 g/mol. The Morgan fingerprint density at radius 1 is 1.39 bits per heavy atom. The number of benzene rings is 1. The van der Waals surface area contributed by atoms with Crippen molar-refractivity contribution in [3.63, 3.8) is 0 Å². The molecule has 0 bridgehead atoms. The van der Waals surface area contributed by atoms with Crippen LogP contribution in [-0.4, -0.2) is 30.8 Å². The third-order valence-corrected chi connectivity index (χ3v) is 3.45. The van der Waals surface area contributed by atoms with E-state index in [1.807, 2.05) is 0 Å². The zero-order valence-corrected chi connectivity index (χ0v) is 13.0. The van der Waals surface area contributed by atoms with E-state index in [4.69, 9.17) is 5.11 Å². The van der Waals surface area contributed by atoms with Crippen LogP contribution >= 0.6 is 15.9 Å². The van der Waals surface area contributed by atoms with Crippen LogP contribution in [0.15, 0.2) is 22.7 Å². The highest BCUT2D eigenvalue weighted by atomic mass is 79.9. The van der Waals surface area contributed by atoms with E-state index in [0.29, 0.717) is 12.6 Å². The quantitative estimate of drug-likeness (QED) is 0.812. The lowest BCUT2D eigenvalue weighted by Gasteiger charge is -2.23. The summed E-state index contributed by atoms with van der Waals surface area (Å²) >= 11 is 3.61. The fraction of sp³-hybridized carbons (Fsp3) is 0.571. The summed E-state index contributed by atoms with van der Waals surface area (Å²) in [5, 5.41) is 12.5. The van der Waals surface area contributed by atoms with Crippen LogP contribution in [0.3, 0.4) is 0 Å². The van der Waals surface area contributed by atoms with Gasteiger partial charge in [-0.3, -0.25) is 0 Å². The molecule has 2 N–H and O–H groups in total. The Balaban J connectivity index is 2.78. The molecule has 0 saturated heterocycles. The number of halogens is 1. The molecule has 0 aromatic heterocycles. The Morgan fingerprint density at radius 2 is 2.11 bits per heavy atom. The van der Waals surface area contributed by atoms with Gasteiger partial charge < -0.3 is 15.3 Å². The smallest absolute Gasteiger partial charge is 0.0606 e. The van der Waals surface area contributed by atoms with E-state index in [9.17, 15) is 0 Å². The average molecular weight is 315 g/mol. The first-order valence-electron chi connectivity index (χ1n) is 6.46. The van der Waals surface area contributed by atoms with Crippen LogP contribution in [0, 0.1) is 0 Å². The highest BCUT2D eigenvalue weighted by Crippen LogP contribution is 2.27. The summed E-state index contributed by atoms with van der Waals surface area (Å²) in [5.41, 5.74) is 2.40. The van der Waals surface area contributed by atoms with Crippen LogP contribution in [0.25, 0.3) is 0 Å². The molecular formula is C14H23BrN2O. The minimum Gasteiger partial charge on any atom is -0.395 e. The molecule has 3 nitrogen and oxygen atoms in total. The Kier molecular flexibility index (Phi) is 6.68. The summed E-state index contributed by atoms with van der Waals surface area (Å²) in [4.78, 5) is 2.16. The van der Waals surface area contributed by atoms with Crippen LogP contribution in [0.2, 0.25) is 0 Å². The lowest BCUT2D eigenvalue weighted by Crippen LogP contribution is -2.26. The predicted molar refractivity (Wildman–Crippen MR) is 81.1 cm³/mol. The van der Waals surface area contributed by atoms with E-state index < -0.39 is 0 Å². The number of anilines is 1. The number of rotatable bonds is 7. The van der Waals surface area contributed by atoms with Gasteiger partial charge in [-0.25, -0.2) is 0 Å². The maximum Gasteiger partial charge on any atom is 0.0606 e. The summed E-state index contributed by atoms with van der Waals surface area (Å²) in [7, 11) is 0. The van der Waals surface area contributed by atoms with Crippen LogP contribution < -0.4 is 10.2 Å². The van der Waals surface area contributed by atoms with Crippen molar-refractivity contribution in [3.05, 3.63) is 28.2 Å². The summed E-state index contributed by atoms with van der Waals surface area (Å²) < 4.78 is 1.08.